The number of nitro benzene ring substituents is 1. The summed E-state index contributed by atoms with van der Waals surface area (Å²) in [6.07, 6.45) is -4.54. The summed E-state index contributed by atoms with van der Waals surface area (Å²) in [6, 6.07) is 3.86. The zero-order valence-corrected chi connectivity index (χ0v) is 10.6. The number of alkyl halides is 3. The molecule has 3 N–H and O–H groups in total. The third kappa shape index (κ3) is 5.65. The number of rotatable bonds is 6. The lowest BCUT2D eigenvalue weighted by Gasteiger charge is -2.10. The van der Waals surface area contributed by atoms with Gasteiger partial charge in [-0.1, -0.05) is 6.07 Å². The highest BCUT2D eigenvalue weighted by Crippen LogP contribution is 2.27. The van der Waals surface area contributed by atoms with Crippen LogP contribution < -0.4 is 15.8 Å². The van der Waals surface area contributed by atoms with Gasteiger partial charge in [-0.15, -0.1) is 0 Å². The molecule has 21 heavy (non-hydrogen) atoms. The van der Waals surface area contributed by atoms with E-state index in [4.69, 9.17) is 10.5 Å². The zero-order chi connectivity index (χ0) is 16.0. The Morgan fingerprint density at radius 3 is 2.62 bits per heavy atom. The molecule has 0 radical (unpaired) electrons. The van der Waals surface area contributed by atoms with Gasteiger partial charge in [0.15, 0.2) is 12.4 Å². The number of nitrogens with two attached hydrogens (primary N) is 1. The second-order valence-corrected chi connectivity index (χ2v) is 3.94. The molecular weight excluding hydrogens is 295 g/mol. The molecule has 0 aliphatic carbocycles. The Bertz CT molecular complexity index is 534. The lowest BCUT2D eigenvalue weighted by molar-refractivity contribution is -0.385. The van der Waals surface area contributed by atoms with Gasteiger partial charge in [-0.3, -0.25) is 14.9 Å². The van der Waals surface area contributed by atoms with Gasteiger partial charge in [0.25, 0.3) is 5.91 Å². The van der Waals surface area contributed by atoms with Gasteiger partial charge in [-0.05, 0) is 11.6 Å². The number of nitrogens with zero attached hydrogens (tertiary/aromatic N) is 1. The number of hydrogen-bond donors (Lipinski definition) is 2. The first-order chi connectivity index (χ1) is 9.73. The first-order valence-corrected chi connectivity index (χ1v) is 5.66. The van der Waals surface area contributed by atoms with Crippen molar-refractivity contribution in [2.75, 3.05) is 13.2 Å². The highest BCUT2D eigenvalue weighted by atomic mass is 19.4. The molecule has 0 saturated carbocycles. The maximum atomic E-state index is 11.9. The van der Waals surface area contributed by atoms with Crippen molar-refractivity contribution in [3.63, 3.8) is 0 Å². The van der Waals surface area contributed by atoms with Crippen LogP contribution >= 0.6 is 0 Å². The SMILES string of the molecule is NCc1ccc(OCC(=O)NCC(F)(F)F)c([N+](=O)[O-])c1. The standard InChI is InChI=1S/C11H12F3N3O4/c12-11(13,14)6-16-10(18)5-21-9-2-1-7(4-15)3-8(9)17(19)20/h1-3H,4-6,15H2,(H,16,18). The number of nitro groups is 1. The van der Waals surface area contributed by atoms with E-state index in [2.05, 4.69) is 0 Å². The fourth-order valence-electron chi connectivity index (χ4n) is 1.35. The zero-order valence-electron chi connectivity index (χ0n) is 10.6. The summed E-state index contributed by atoms with van der Waals surface area (Å²) < 4.78 is 40.5. The third-order valence-corrected chi connectivity index (χ3v) is 2.30. The van der Waals surface area contributed by atoms with Crippen molar-refractivity contribution in [3.8, 4) is 5.75 Å². The average Bonchev–Trinajstić information content (AvgIpc) is 2.41. The molecule has 0 spiro atoms. The molecule has 0 unspecified atom stereocenters. The fourth-order valence-corrected chi connectivity index (χ4v) is 1.35. The van der Waals surface area contributed by atoms with Crippen molar-refractivity contribution in [2.24, 2.45) is 5.73 Å². The molecule has 0 aliphatic rings. The summed E-state index contributed by atoms with van der Waals surface area (Å²) in [6.45, 7) is -2.19. The Hall–Kier alpha value is -2.36. The highest BCUT2D eigenvalue weighted by molar-refractivity contribution is 5.77. The van der Waals surface area contributed by atoms with Crippen LogP contribution in [0, 0.1) is 10.1 Å². The molecule has 10 heteroatoms. The summed E-state index contributed by atoms with van der Waals surface area (Å²) in [5.41, 5.74) is 5.40. The summed E-state index contributed by atoms with van der Waals surface area (Å²) in [4.78, 5) is 21.2. The van der Waals surface area contributed by atoms with Crippen molar-refractivity contribution in [2.45, 2.75) is 12.7 Å². The van der Waals surface area contributed by atoms with E-state index in [1.165, 1.54) is 18.2 Å². The van der Waals surface area contributed by atoms with Crippen LogP contribution in [0.25, 0.3) is 0 Å². The fraction of sp³-hybridized carbons (Fsp3) is 0.364. The maximum absolute atomic E-state index is 11.9. The van der Waals surface area contributed by atoms with Gasteiger partial charge in [-0.25, -0.2) is 0 Å². The van der Waals surface area contributed by atoms with E-state index in [-0.39, 0.29) is 12.3 Å². The molecule has 0 heterocycles. The van der Waals surface area contributed by atoms with Crippen LogP contribution in [-0.2, 0) is 11.3 Å². The number of carbonyl (C=O) groups is 1. The van der Waals surface area contributed by atoms with Gasteiger partial charge >= 0.3 is 11.9 Å². The summed E-state index contributed by atoms with van der Waals surface area (Å²) in [7, 11) is 0. The van der Waals surface area contributed by atoms with E-state index < -0.39 is 35.8 Å². The number of halogens is 3. The monoisotopic (exact) mass is 307 g/mol. The summed E-state index contributed by atoms with van der Waals surface area (Å²) in [5, 5.41) is 12.4. The van der Waals surface area contributed by atoms with Crippen molar-refractivity contribution < 1.29 is 27.6 Å². The van der Waals surface area contributed by atoms with E-state index in [0.717, 1.165) is 0 Å². The molecule has 0 aliphatic heterocycles. The second-order valence-electron chi connectivity index (χ2n) is 3.94. The van der Waals surface area contributed by atoms with Crippen LogP contribution in [0.2, 0.25) is 0 Å². The Morgan fingerprint density at radius 1 is 1.43 bits per heavy atom. The van der Waals surface area contributed by atoms with Crippen LogP contribution in [0.1, 0.15) is 5.56 Å². The molecule has 1 amide bonds. The number of hydrogen-bond acceptors (Lipinski definition) is 5. The van der Waals surface area contributed by atoms with Crippen LogP contribution in [0.15, 0.2) is 18.2 Å². The van der Waals surface area contributed by atoms with Gasteiger partial charge in [0, 0.05) is 12.6 Å². The normalized spacial score (nSPS) is 11.0. The lowest BCUT2D eigenvalue weighted by Crippen LogP contribution is -2.36. The van der Waals surface area contributed by atoms with Crippen LogP contribution in [-0.4, -0.2) is 30.2 Å². The minimum absolute atomic E-state index is 0.0766. The third-order valence-electron chi connectivity index (χ3n) is 2.30. The molecule has 0 atom stereocenters. The van der Waals surface area contributed by atoms with Crippen LogP contribution in [0.3, 0.4) is 0 Å². The second kappa shape index (κ2) is 6.88. The van der Waals surface area contributed by atoms with Crippen LogP contribution in [0.5, 0.6) is 5.75 Å². The Morgan fingerprint density at radius 2 is 2.10 bits per heavy atom. The molecule has 0 bridgehead atoms. The molecule has 1 rings (SSSR count). The number of benzene rings is 1. The quantitative estimate of drug-likeness (QED) is 0.604. The smallest absolute Gasteiger partial charge is 0.405 e. The Kier molecular flexibility index (Phi) is 5.47. The van der Waals surface area contributed by atoms with E-state index in [0.29, 0.717) is 5.56 Å². The lowest BCUT2D eigenvalue weighted by atomic mass is 10.2. The maximum Gasteiger partial charge on any atom is 0.405 e. The number of nitrogens with one attached hydrogen (secondary N) is 1. The number of carbonyl (C=O) groups excluding carboxylic acids is 1. The molecule has 7 nitrogen and oxygen atoms in total. The average molecular weight is 307 g/mol. The largest absolute Gasteiger partial charge is 0.477 e. The topological polar surface area (TPSA) is 107 Å². The minimum Gasteiger partial charge on any atom is -0.477 e. The van der Waals surface area contributed by atoms with Gasteiger partial charge in [0.05, 0.1) is 4.92 Å². The van der Waals surface area contributed by atoms with Crippen LogP contribution in [0.4, 0.5) is 18.9 Å². The Labute approximate surface area is 117 Å². The summed E-state index contributed by atoms with van der Waals surface area (Å²) in [5.74, 6) is -1.26. The predicted molar refractivity (Wildman–Crippen MR) is 65.5 cm³/mol. The highest BCUT2D eigenvalue weighted by Gasteiger charge is 2.27. The van der Waals surface area contributed by atoms with Gasteiger partial charge in [0.2, 0.25) is 0 Å². The Balaban J connectivity index is 2.67. The van der Waals surface area contributed by atoms with Gasteiger partial charge in [0.1, 0.15) is 6.54 Å². The molecule has 1 aromatic carbocycles. The van der Waals surface area contributed by atoms with Gasteiger partial charge in [-0.2, -0.15) is 13.2 Å². The molecule has 116 valence electrons. The first kappa shape index (κ1) is 16.7. The van der Waals surface area contributed by atoms with Crippen molar-refractivity contribution >= 4 is 11.6 Å². The molecule has 0 saturated heterocycles. The van der Waals surface area contributed by atoms with Crippen molar-refractivity contribution in [3.05, 3.63) is 33.9 Å². The number of amides is 1. The van der Waals surface area contributed by atoms with E-state index in [1.54, 1.807) is 5.32 Å². The van der Waals surface area contributed by atoms with Crippen molar-refractivity contribution in [1.82, 2.24) is 5.32 Å². The van der Waals surface area contributed by atoms with Crippen molar-refractivity contribution in [1.29, 1.82) is 0 Å². The molecular formula is C11H12F3N3O4. The molecule has 1 aromatic rings. The molecule has 0 aromatic heterocycles. The molecule has 0 fully saturated rings. The summed E-state index contributed by atoms with van der Waals surface area (Å²) >= 11 is 0. The minimum atomic E-state index is -4.54. The van der Waals surface area contributed by atoms with E-state index in [1.807, 2.05) is 0 Å². The van der Waals surface area contributed by atoms with E-state index in [9.17, 15) is 28.1 Å². The number of ether oxygens (including phenoxy) is 1. The first-order valence-electron chi connectivity index (χ1n) is 5.66. The van der Waals surface area contributed by atoms with E-state index >= 15 is 0 Å². The van der Waals surface area contributed by atoms with Gasteiger partial charge < -0.3 is 15.8 Å². The predicted octanol–water partition coefficient (Wildman–Crippen LogP) is 1.11.